The number of hydrogen-bond acceptors (Lipinski definition) is 4. The molecule has 0 N–H and O–H groups in total. The fourth-order valence-corrected chi connectivity index (χ4v) is 5.78. The zero-order valence-corrected chi connectivity index (χ0v) is 14.7. The van der Waals surface area contributed by atoms with Gasteiger partial charge < -0.3 is 9.64 Å². The molecule has 4 rings (SSSR count). The van der Waals surface area contributed by atoms with Gasteiger partial charge in [-0.1, -0.05) is 12.1 Å². The molecular weight excluding hydrogens is 338 g/mol. The monoisotopic (exact) mass is 357 g/mol. The number of carbonyl (C=O) groups excluding carboxylic acids is 1. The van der Waals surface area contributed by atoms with Gasteiger partial charge in [0.15, 0.2) is 9.84 Å². The van der Waals surface area contributed by atoms with Crippen molar-refractivity contribution in [1.82, 2.24) is 0 Å². The summed E-state index contributed by atoms with van der Waals surface area (Å²) in [6.07, 6.45) is 0.311. The Morgan fingerprint density at radius 3 is 2.52 bits per heavy atom. The minimum Gasteiger partial charge on any atom is -0.457 e. The second kappa shape index (κ2) is 5.88. The highest BCUT2D eigenvalue weighted by Gasteiger charge is 2.49. The van der Waals surface area contributed by atoms with E-state index >= 15 is 0 Å². The molecule has 2 heterocycles. The molecule has 0 bridgehead atoms. The van der Waals surface area contributed by atoms with Crippen molar-refractivity contribution >= 4 is 21.4 Å². The number of ether oxygens (including phenoxy) is 1. The molecule has 2 atom stereocenters. The van der Waals surface area contributed by atoms with Gasteiger partial charge in [0.25, 0.3) is 0 Å². The van der Waals surface area contributed by atoms with Gasteiger partial charge in [0.2, 0.25) is 5.91 Å². The third-order valence-electron chi connectivity index (χ3n) is 4.81. The van der Waals surface area contributed by atoms with Crippen molar-refractivity contribution in [3.8, 4) is 11.5 Å². The Bertz CT molecular complexity index is 921. The maximum atomic E-state index is 12.3. The van der Waals surface area contributed by atoms with E-state index < -0.39 is 9.84 Å². The molecule has 0 unspecified atom stereocenters. The van der Waals surface area contributed by atoms with Crippen LogP contribution in [0, 0.1) is 12.8 Å². The van der Waals surface area contributed by atoms with E-state index in [4.69, 9.17) is 4.74 Å². The van der Waals surface area contributed by atoms with Crippen LogP contribution < -0.4 is 9.64 Å². The molecule has 0 radical (unpaired) electrons. The molecule has 2 aliphatic rings. The van der Waals surface area contributed by atoms with Crippen molar-refractivity contribution in [2.75, 3.05) is 16.4 Å². The van der Waals surface area contributed by atoms with Gasteiger partial charge in [-0.15, -0.1) is 0 Å². The quantitative estimate of drug-likeness (QED) is 0.847. The normalized spacial score (nSPS) is 24.4. The highest BCUT2D eigenvalue weighted by atomic mass is 32.2. The Morgan fingerprint density at radius 2 is 1.80 bits per heavy atom. The Balaban J connectivity index is 1.55. The van der Waals surface area contributed by atoms with Gasteiger partial charge in [-0.05, 0) is 48.9 Å². The van der Waals surface area contributed by atoms with Gasteiger partial charge in [0, 0.05) is 18.0 Å². The summed E-state index contributed by atoms with van der Waals surface area (Å²) in [6.45, 7) is 2.00. The first-order valence-electron chi connectivity index (χ1n) is 8.28. The van der Waals surface area contributed by atoms with E-state index in [0.29, 0.717) is 12.2 Å². The van der Waals surface area contributed by atoms with Crippen molar-refractivity contribution in [3.63, 3.8) is 0 Å². The number of aryl methyl sites for hydroxylation is 1. The van der Waals surface area contributed by atoms with Crippen molar-refractivity contribution < 1.29 is 17.9 Å². The molecule has 130 valence electrons. The number of sulfone groups is 1. The summed E-state index contributed by atoms with van der Waals surface area (Å²) in [5, 5.41) is 0. The van der Waals surface area contributed by atoms with Gasteiger partial charge in [-0.2, -0.15) is 0 Å². The summed E-state index contributed by atoms with van der Waals surface area (Å²) in [6, 6.07) is 14.8. The first kappa shape index (κ1) is 16.1. The maximum Gasteiger partial charge on any atom is 0.227 e. The molecule has 0 aromatic heterocycles. The van der Waals surface area contributed by atoms with Crippen LogP contribution in [0.2, 0.25) is 0 Å². The van der Waals surface area contributed by atoms with E-state index in [1.165, 1.54) is 0 Å². The zero-order chi connectivity index (χ0) is 17.6. The van der Waals surface area contributed by atoms with Gasteiger partial charge in [0.05, 0.1) is 17.5 Å². The summed E-state index contributed by atoms with van der Waals surface area (Å²) in [4.78, 5) is 14.0. The van der Waals surface area contributed by atoms with E-state index in [-0.39, 0.29) is 29.4 Å². The number of hydrogen-bond donors (Lipinski definition) is 0. The van der Waals surface area contributed by atoms with Crippen LogP contribution in [0.25, 0.3) is 0 Å². The van der Waals surface area contributed by atoms with Crippen molar-refractivity contribution in [2.45, 2.75) is 19.4 Å². The molecule has 5 nitrogen and oxygen atoms in total. The lowest BCUT2D eigenvalue weighted by atomic mass is 10.0. The van der Waals surface area contributed by atoms with Crippen molar-refractivity contribution in [1.29, 1.82) is 0 Å². The van der Waals surface area contributed by atoms with Crippen LogP contribution >= 0.6 is 0 Å². The van der Waals surface area contributed by atoms with Gasteiger partial charge in [-0.25, -0.2) is 8.42 Å². The number of carbonyl (C=O) groups is 1. The van der Waals surface area contributed by atoms with Gasteiger partial charge in [0.1, 0.15) is 11.5 Å². The minimum absolute atomic E-state index is 0.00254. The van der Waals surface area contributed by atoms with Crippen molar-refractivity contribution in [2.24, 2.45) is 5.92 Å². The molecule has 2 aromatic carbocycles. The Labute approximate surface area is 147 Å². The van der Waals surface area contributed by atoms with Gasteiger partial charge in [-0.3, -0.25) is 4.79 Å². The lowest BCUT2D eigenvalue weighted by Crippen LogP contribution is -2.36. The fraction of sp³-hybridized carbons (Fsp3) is 0.316. The molecule has 1 amide bonds. The number of benzene rings is 2. The van der Waals surface area contributed by atoms with Crippen molar-refractivity contribution in [3.05, 3.63) is 54.1 Å². The molecule has 0 spiro atoms. The number of rotatable bonds is 3. The lowest BCUT2D eigenvalue weighted by molar-refractivity contribution is -0.117. The van der Waals surface area contributed by atoms with E-state index in [2.05, 4.69) is 0 Å². The van der Waals surface area contributed by atoms with Crippen LogP contribution in [0.5, 0.6) is 11.5 Å². The Hall–Kier alpha value is -2.34. The van der Waals surface area contributed by atoms with Crippen LogP contribution in [-0.2, 0) is 14.6 Å². The number of anilines is 1. The topological polar surface area (TPSA) is 63.7 Å². The lowest BCUT2D eigenvalue weighted by Gasteiger charge is -2.23. The minimum atomic E-state index is -3.04. The van der Waals surface area contributed by atoms with E-state index in [0.717, 1.165) is 17.0 Å². The first-order chi connectivity index (χ1) is 11.9. The average Bonchev–Trinajstić information content (AvgIpc) is 2.98. The third kappa shape index (κ3) is 3.14. The Morgan fingerprint density at radius 1 is 1.04 bits per heavy atom. The smallest absolute Gasteiger partial charge is 0.227 e. The molecule has 0 saturated carbocycles. The maximum absolute atomic E-state index is 12.3. The van der Waals surface area contributed by atoms with Crippen LogP contribution in [0.1, 0.15) is 12.0 Å². The fourth-order valence-electron chi connectivity index (χ4n) is 3.71. The molecule has 2 aliphatic heterocycles. The largest absolute Gasteiger partial charge is 0.457 e. The van der Waals surface area contributed by atoms with Gasteiger partial charge >= 0.3 is 0 Å². The second-order valence-electron chi connectivity index (χ2n) is 6.78. The van der Waals surface area contributed by atoms with E-state index in [1.54, 1.807) is 4.90 Å². The summed E-state index contributed by atoms with van der Waals surface area (Å²) in [5.41, 5.74) is 1.84. The highest BCUT2D eigenvalue weighted by molar-refractivity contribution is 7.91. The second-order valence-corrected chi connectivity index (χ2v) is 8.94. The van der Waals surface area contributed by atoms with Crippen LogP contribution in [0.15, 0.2) is 48.5 Å². The number of amides is 1. The average molecular weight is 357 g/mol. The molecule has 2 saturated heterocycles. The predicted octanol–water partition coefficient (Wildman–Crippen LogP) is 2.94. The zero-order valence-electron chi connectivity index (χ0n) is 13.9. The van der Waals surface area contributed by atoms with E-state index in [9.17, 15) is 13.2 Å². The summed E-state index contributed by atoms with van der Waals surface area (Å²) < 4.78 is 29.5. The molecule has 2 fully saturated rings. The molecule has 6 heteroatoms. The van der Waals surface area contributed by atoms with E-state index in [1.807, 2.05) is 55.5 Å². The molecule has 25 heavy (non-hydrogen) atoms. The molecular formula is C19H19NO4S. The van der Waals surface area contributed by atoms with Crippen LogP contribution in [0.4, 0.5) is 5.69 Å². The highest BCUT2D eigenvalue weighted by Crippen LogP contribution is 2.37. The molecule has 0 aliphatic carbocycles. The SMILES string of the molecule is Cc1cccc(Oc2ccc(N3C(=O)C[C@H]4CS(=O)(=O)C[C@H]43)cc2)c1. The Kier molecular flexibility index (Phi) is 3.80. The summed E-state index contributed by atoms with van der Waals surface area (Å²) in [5.74, 6) is 1.53. The summed E-state index contributed by atoms with van der Waals surface area (Å²) in [7, 11) is -3.04. The number of nitrogens with zero attached hydrogens (tertiary/aromatic N) is 1. The molecule has 2 aromatic rings. The first-order valence-corrected chi connectivity index (χ1v) is 10.1. The standard InChI is InChI=1S/C19H19NO4S/c1-13-3-2-4-17(9-13)24-16-7-5-15(6-8-16)20-18-12-25(22,23)11-14(18)10-19(20)21/h2-9,14,18H,10-12H2,1H3/t14-,18+/m0/s1. The summed E-state index contributed by atoms with van der Waals surface area (Å²) >= 11 is 0. The number of fused-ring (bicyclic) bond motifs is 1. The van der Waals surface area contributed by atoms with Crippen LogP contribution in [0.3, 0.4) is 0 Å². The van der Waals surface area contributed by atoms with Crippen LogP contribution in [-0.4, -0.2) is 31.9 Å². The predicted molar refractivity (Wildman–Crippen MR) is 95.7 cm³/mol. The third-order valence-corrected chi connectivity index (χ3v) is 6.60.